The molecule has 2 aromatic rings. The summed E-state index contributed by atoms with van der Waals surface area (Å²) in [6, 6.07) is 7.00. The molecule has 0 spiro atoms. The third kappa shape index (κ3) is 5.70. The summed E-state index contributed by atoms with van der Waals surface area (Å²) in [5.41, 5.74) is 2.24. The number of nitrogens with one attached hydrogen (secondary N) is 2. The van der Waals surface area contributed by atoms with E-state index in [1.807, 2.05) is 31.2 Å². The van der Waals surface area contributed by atoms with Gasteiger partial charge in [-0.15, -0.1) is 0 Å². The summed E-state index contributed by atoms with van der Waals surface area (Å²) in [7, 11) is 0. The molecule has 7 heteroatoms. The van der Waals surface area contributed by atoms with Gasteiger partial charge in [0, 0.05) is 18.5 Å². The number of nitrogens with zero attached hydrogens (tertiary/aromatic N) is 2. The lowest BCUT2D eigenvalue weighted by molar-refractivity contribution is -0.0110. The molecule has 138 valence electrons. The number of amides is 2. The molecule has 2 heterocycles. The lowest BCUT2D eigenvalue weighted by Gasteiger charge is -2.22. The van der Waals surface area contributed by atoms with Crippen molar-refractivity contribution < 1.29 is 14.3 Å². The highest BCUT2D eigenvalue weighted by Gasteiger charge is 2.14. The lowest BCUT2D eigenvalue weighted by atomic mass is 10.1. The van der Waals surface area contributed by atoms with E-state index in [9.17, 15) is 4.79 Å². The lowest BCUT2D eigenvalue weighted by Crippen LogP contribution is -2.28. The fourth-order valence-corrected chi connectivity index (χ4v) is 2.62. The number of hydrogen-bond donors (Lipinski definition) is 2. The van der Waals surface area contributed by atoms with Crippen LogP contribution >= 0.6 is 0 Å². The summed E-state index contributed by atoms with van der Waals surface area (Å²) < 4.78 is 11.4. The van der Waals surface area contributed by atoms with Crippen LogP contribution in [0, 0.1) is 6.92 Å². The standard InChI is InChI=1S/C19H24N4O3/c1-14-10-21-16(11-20-14)12-22-19(24)23-15-5-7-17(8-6-15)26-13-18-4-2-3-9-25-18/h5-8,10-11,18H,2-4,9,12-13H2,1H3,(H2,22,23,24)/t18-/m1/s1. The van der Waals surface area contributed by atoms with Gasteiger partial charge in [0.1, 0.15) is 12.4 Å². The summed E-state index contributed by atoms with van der Waals surface area (Å²) in [5.74, 6) is 0.764. The molecule has 0 aliphatic carbocycles. The van der Waals surface area contributed by atoms with E-state index in [1.165, 1.54) is 6.42 Å². The topological polar surface area (TPSA) is 85.4 Å². The maximum Gasteiger partial charge on any atom is 0.319 e. The van der Waals surface area contributed by atoms with Gasteiger partial charge in [-0.05, 0) is 50.5 Å². The number of ether oxygens (including phenoxy) is 2. The molecular weight excluding hydrogens is 332 g/mol. The molecule has 26 heavy (non-hydrogen) atoms. The average Bonchev–Trinajstić information content (AvgIpc) is 2.68. The largest absolute Gasteiger partial charge is 0.491 e. The molecule has 3 rings (SSSR count). The van der Waals surface area contributed by atoms with E-state index in [1.54, 1.807) is 12.4 Å². The second kappa shape index (κ2) is 9.15. The molecule has 1 aliphatic rings. The van der Waals surface area contributed by atoms with E-state index in [0.29, 0.717) is 24.5 Å². The van der Waals surface area contributed by atoms with Gasteiger partial charge in [-0.2, -0.15) is 0 Å². The number of carbonyl (C=O) groups is 1. The van der Waals surface area contributed by atoms with E-state index >= 15 is 0 Å². The number of urea groups is 1. The fraction of sp³-hybridized carbons (Fsp3) is 0.421. The first kappa shape index (κ1) is 18.1. The van der Waals surface area contributed by atoms with Gasteiger partial charge in [0.25, 0.3) is 0 Å². The van der Waals surface area contributed by atoms with Gasteiger partial charge < -0.3 is 20.1 Å². The summed E-state index contributed by atoms with van der Waals surface area (Å²) >= 11 is 0. The Bertz CT molecular complexity index is 698. The van der Waals surface area contributed by atoms with E-state index in [2.05, 4.69) is 20.6 Å². The predicted octanol–water partition coefficient (Wildman–Crippen LogP) is 3.05. The number of benzene rings is 1. The number of carbonyl (C=O) groups excluding carboxylic acids is 1. The molecule has 1 fully saturated rings. The zero-order valence-corrected chi connectivity index (χ0v) is 14.9. The van der Waals surface area contributed by atoms with Crippen molar-refractivity contribution in [3.8, 4) is 5.75 Å². The molecule has 0 bridgehead atoms. The highest BCUT2D eigenvalue weighted by Crippen LogP contribution is 2.18. The first-order chi connectivity index (χ1) is 12.7. The summed E-state index contributed by atoms with van der Waals surface area (Å²) in [5, 5.41) is 5.53. The monoisotopic (exact) mass is 356 g/mol. The molecule has 1 aromatic carbocycles. The van der Waals surface area contributed by atoms with Crippen LogP contribution in [-0.2, 0) is 11.3 Å². The second-order valence-electron chi connectivity index (χ2n) is 6.28. The van der Waals surface area contributed by atoms with Gasteiger partial charge in [0.05, 0.1) is 30.2 Å². The highest BCUT2D eigenvalue weighted by atomic mass is 16.5. The van der Waals surface area contributed by atoms with Crippen molar-refractivity contribution in [3.05, 3.63) is 48.0 Å². The Morgan fingerprint density at radius 2 is 2.08 bits per heavy atom. The summed E-state index contributed by atoms with van der Waals surface area (Å²) in [6.07, 6.45) is 6.88. The average molecular weight is 356 g/mol. The van der Waals surface area contributed by atoms with Crippen molar-refractivity contribution in [2.75, 3.05) is 18.5 Å². The molecule has 1 aliphatic heterocycles. The number of rotatable bonds is 6. The Balaban J connectivity index is 1.41. The predicted molar refractivity (Wildman–Crippen MR) is 98.2 cm³/mol. The Morgan fingerprint density at radius 3 is 2.77 bits per heavy atom. The molecule has 1 saturated heterocycles. The van der Waals surface area contributed by atoms with Crippen molar-refractivity contribution in [3.63, 3.8) is 0 Å². The first-order valence-electron chi connectivity index (χ1n) is 8.86. The SMILES string of the molecule is Cc1cnc(CNC(=O)Nc2ccc(OC[C@H]3CCCCO3)cc2)cn1. The Labute approximate surface area is 153 Å². The molecule has 1 aromatic heterocycles. The van der Waals surface area contributed by atoms with Gasteiger partial charge in [-0.25, -0.2) is 4.79 Å². The Morgan fingerprint density at radius 1 is 1.23 bits per heavy atom. The molecule has 0 radical (unpaired) electrons. The minimum atomic E-state index is -0.295. The normalized spacial score (nSPS) is 16.7. The number of aromatic nitrogens is 2. The fourth-order valence-electron chi connectivity index (χ4n) is 2.62. The van der Waals surface area contributed by atoms with Crippen LogP contribution in [0.4, 0.5) is 10.5 Å². The number of anilines is 1. The van der Waals surface area contributed by atoms with Gasteiger partial charge >= 0.3 is 6.03 Å². The van der Waals surface area contributed by atoms with Crippen LogP contribution in [-0.4, -0.2) is 35.3 Å². The molecule has 2 N–H and O–H groups in total. The molecular formula is C19H24N4O3. The third-order valence-corrected chi connectivity index (χ3v) is 4.09. The van der Waals surface area contributed by atoms with Crippen LogP contribution in [0.2, 0.25) is 0 Å². The number of aryl methyl sites for hydroxylation is 1. The van der Waals surface area contributed by atoms with Crippen LogP contribution in [0.1, 0.15) is 30.7 Å². The summed E-state index contributed by atoms with van der Waals surface area (Å²) in [6.45, 7) is 3.57. The molecule has 0 saturated carbocycles. The second-order valence-corrected chi connectivity index (χ2v) is 6.28. The van der Waals surface area contributed by atoms with Crippen LogP contribution in [0.5, 0.6) is 5.75 Å². The quantitative estimate of drug-likeness (QED) is 0.831. The van der Waals surface area contributed by atoms with Crippen molar-refractivity contribution in [1.29, 1.82) is 0 Å². The van der Waals surface area contributed by atoms with E-state index in [0.717, 1.165) is 30.9 Å². The van der Waals surface area contributed by atoms with Crippen molar-refractivity contribution in [1.82, 2.24) is 15.3 Å². The van der Waals surface area contributed by atoms with Gasteiger partial charge in [0.2, 0.25) is 0 Å². The highest BCUT2D eigenvalue weighted by molar-refractivity contribution is 5.89. The minimum absolute atomic E-state index is 0.178. The van der Waals surface area contributed by atoms with Gasteiger partial charge in [0.15, 0.2) is 0 Å². The molecule has 7 nitrogen and oxygen atoms in total. The van der Waals surface area contributed by atoms with Crippen LogP contribution in [0.3, 0.4) is 0 Å². The zero-order chi connectivity index (χ0) is 18.2. The van der Waals surface area contributed by atoms with Crippen molar-refractivity contribution >= 4 is 11.7 Å². The third-order valence-electron chi connectivity index (χ3n) is 4.09. The van der Waals surface area contributed by atoms with Crippen LogP contribution in [0.25, 0.3) is 0 Å². The van der Waals surface area contributed by atoms with Crippen molar-refractivity contribution in [2.45, 2.75) is 38.8 Å². The van der Waals surface area contributed by atoms with Crippen LogP contribution in [0.15, 0.2) is 36.7 Å². The van der Waals surface area contributed by atoms with Crippen molar-refractivity contribution in [2.24, 2.45) is 0 Å². The maximum absolute atomic E-state index is 12.0. The minimum Gasteiger partial charge on any atom is -0.491 e. The maximum atomic E-state index is 12.0. The number of hydrogen-bond acceptors (Lipinski definition) is 5. The molecule has 0 unspecified atom stereocenters. The molecule has 1 atom stereocenters. The summed E-state index contributed by atoms with van der Waals surface area (Å²) in [4.78, 5) is 20.3. The van der Waals surface area contributed by atoms with Crippen LogP contribution < -0.4 is 15.4 Å². The van der Waals surface area contributed by atoms with Gasteiger partial charge in [-0.1, -0.05) is 0 Å². The Kier molecular flexibility index (Phi) is 6.38. The first-order valence-corrected chi connectivity index (χ1v) is 8.86. The van der Waals surface area contributed by atoms with E-state index < -0.39 is 0 Å². The zero-order valence-electron chi connectivity index (χ0n) is 14.9. The Hall–Kier alpha value is -2.67. The smallest absolute Gasteiger partial charge is 0.319 e. The van der Waals surface area contributed by atoms with E-state index in [4.69, 9.17) is 9.47 Å². The molecule has 2 amide bonds. The van der Waals surface area contributed by atoms with Gasteiger partial charge in [-0.3, -0.25) is 9.97 Å². The van der Waals surface area contributed by atoms with E-state index in [-0.39, 0.29) is 12.1 Å².